The average molecular weight is 327 g/mol. The van der Waals surface area contributed by atoms with Crippen LogP contribution in [0, 0.1) is 4.91 Å². The number of halogens is 1. The van der Waals surface area contributed by atoms with Gasteiger partial charge in [0.1, 0.15) is 16.5 Å². The quantitative estimate of drug-likeness (QED) is 0.717. The van der Waals surface area contributed by atoms with Crippen molar-refractivity contribution in [1.82, 2.24) is 4.72 Å². The number of primary sulfonamides is 1. The molecule has 0 fully saturated rings. The summed E-state index contributed by atoms with van der Waals surface area (Å²) in [6.07, 6.45) is 0. The summed E-state index contributed by atoms with van der Waals surface area (Å²) in [6.45, 7) is -0.371. The zero-order chi connectivity index (χ0) is 14.4. The maximum Gasteiger partial charge on any atom is 0.244 e. The van der Waals surface area contributed by atoms with E-state index in [1.807, 2.05) is 4.72 Å². The van der Waals surface area contributed by atoms with E-state index in [2.05, 4.69) is 5.29 Å². The molecule has 0 saturated heterocycles. The van der Waals surface area contributed by atoms with Crippen molar-refractivity contribution in [2.75, 3.05) is 11.7 Å². The summed E-state index contributed by atoms with van der Waals surface area (Å²) in [6, 6.07) is 1.79. The van der Waals surface area contributed by atoms with Crippen LogP contribution < -0.4 is 14.9 Å². The molecule has 1 aliphatic heterocycles. The highest BCUT2D eigenvalue weighted by atomic mass is 35.5. The minimum absolute atomic E-state index is 0.119. The molecule has 104 valence electrons. The van der Waals surface area contributed by atoms with Crippen molar-refractivity contribution in [3.05, 3.63) is 22.1 Å². The van der Waals surface area contributed by atoms with Gasteiger partial charge in [-0.2, -0.15) is 4.72 Å². The van der Waals surface area contributed by atoms with Crippen molar-refractivity contribution in [2.45, 2.75) is 9.79 Å². The monoisotopic (exact) mass is 326 g/mol. The summed E-state index contributed by atoms with van der Waals surface area (Å²) in [5.41, 5.74) is -0.119. The number of sulfonamides is 2. The highest BCUT2D eigenvalue weighted by Crippen LogP contribution is 2.35. The molecule has 1 aromatic carbocycles. The predicted octanol–water partition coefficient (Wildman–Crippen LogP) is -0.275. The SMILES string of the molecule is NS(=O)(=O)c1cc2c(cc1Cl)N(N=O)CNS2(=O)=O. The molecule has 9 nitrogen and oxygen atoms in total. The molecule has 19 heavy (non-hydrogen) atoms. The summed E-state index contributed by atoms with van der Waals surface area (Å²) >= 11 is 5.72. The van der Waals surface area contributed by atoms with Crippen LogP contribution in [-0.4, -0.2) is 23.5 Å². The summed E-state index contributed by atoms with van der Waals surface area (Å²) in [7, 11) is -8.15. The smallest absolute Gasteiger partial charge is 0.225 e. The van der Waals surface area contributed by atoms with Gasteiger partial charge in [0.2, 0.25) is 20.0 Å². The standard InChI is InChI=1S/C7H7ClN4O5S2/c8-4-1-5-7(2-6(4)18(9,14)15)19(16,17)10-3-12(5)11-13/h1-2,10H,3H2,(H2,9,14,15). The van der Waals surface area contributed by atoms with Crippen LogP contribution in [0.15, 0.2) is 27.2 Å². The van der Waals surface area contributed by atoms with Crippen molar-refractivity contribution in [1.29, 1.82) is 0 Å². The third kappa shape index (κ3) is 2.42. The molecular weight excluding hydrogens is 320 g/mol. The van der Waals surface area contributed by atoms with Gasteiger partial charge in [0, 0.05) is 0 Å². The van der Waals surface area contributed by atoms with Gasteiger partial charge in [0.05, 0.1) is 16.0 Å². The minimum Gasteiger partial charge on any atom is -0.225 e. The predicted molar refractivity (Wildman–Crippen MR) is 66.3 cm³/mol. The van der Waals surface area contributed by atoms with Crippen molar-refractivity contribution in [2.24, 2.45) is 10.4 Å². The summed E-state index contributed by atoms with van der Waals surface area (Å²) in [5, 5.41) is 8.01. The van der Waals surface area contributed by atoms with Gasteiger partial charge in [-0.1, -0.05) is 11.6 Å². The van der Waals surface area contributed by atoms with Crippen LogP contribution in [-0.2, 0) is 20.0 Å². The zero-order valence-electron chi connectivity index (χ0n) is 9.07. The first-order chi connectivity index (χ1) is 8.66. The number of hydrogen-bond acceptors (Lipinski definition) is 6. The van der Waals surface area contributed by atoms with Gasteiger partial charge in [-0.05, 0) is 12.1 Å². The molecule has 0 spiro atoms. The van der Waals surface area contributed by atoms with Crippen molar-refractivity contribution < 1.29 is 16.8 Å². The van der Waals surface area contributed by atoms with E-state index in [1.165, 1.54) is 0 Å². The van der Waals surface area contributed by atoms with E-state index in [-0.39, 0.29) is 17.4 Å². The van der Waals surface area contributed by atoms with Crippen LogP contribution >= 0.6 is 11.6 Å². The number of fused-ring (bicyclic) bond motifs is 1. The first kappa shape index (κ1) is 14.1. The van der Waals surface area contributed by atoms with Crippen LogP contribution in [0.1, 0.15) is 0 Å². The lowest BCUT2D eigenvalue weighted by Crippen LogP contribution is -2.40. The number of hydrogen-bond donors (Lipinski definition) is 2. The Kier molecular flexibility index (Phi) is 3.26. The third-order valence-corrected chi connectivity index (χ3v) is 5.18. The summed E-state index contributed by atoms with van der Waals surface area (Å²) in [4.78, 5) is 9.59. The fraction of sp³-hybridized carbons (Fsp3) is 0.143. The molecule has 0 radical (unpaired) electrons. The maximum absolute atomic E-state index is 11.8. The van der Waals surface area contributed by atoms with E-state index >= 15 is 0 Å². The van der Waals surface area contributed by atoms with Gasteiger partial charge in [0.25, 0.3) is 0 Å². The Morgan fingerprint density at radius 1 is 1.42 bits per heavy atom. The van der Waals surface area contributed by atoms with Crippen LogP contribution in [0.25, 0.3) is 0 Å². The first-order valence-corrected chi connectivity index (χ1v) is 8.04. The molecule has 3 N–H and O–H groups in total. The Bertz CT molecular complexity index is 760. The number of nitrogens with two attached hydrogens (primary N) is 1. The van der Waals surface area contributed by atoms with E-state index in [0.29, 0.717) is 0 Å². The van der Waals surface area contributed by atoms with Crippen LogP contribution in [0.3, 0.4) is 0 Å². The largest absolute Gasteiger partial charge is 0.244 e. The molecule has 0 aromatic heterocycles. The second kappa shape index (κ2) is 4.38. The molecule has 0 amide bonds. The molecule has 2 rings (SSSR count). The zero-order valence-corrected chi connectivity index (χ0v) is 11.5. The van der Waals surface area contributed by atoms with Gasteiger partial charge in [0.15, 0.2) is 0 Å². The highest BCUT2D eigenvalue weighted by Gasteiger charge is 2.31. The van der Waals surface area contributed by atoms with Crippen molar-refractivity contribution >= 4 is 37.3 Å². The molecular formula is C7H7ClN4O5S2. The van der Waals surface area contributed by atoms with Crippen LogP contribution in [0.4, 0.5) is 5.69 Å². The van der Waals surface area contributed by atoms with E-state index in [9.17, 15) is 21.7 Å². The summed E-state index contributed by atoms with van der Waals surface area (Å²) < 4.78 is 48.1. The minimum atomic E-state index is -4.19. The number of nitrogens with one attached hydrogen (secondary N) is 1. The molecule has 1 aromatic rings. The van der Waals surface area contributed by atoms with Gasteiger partial charge < -0.3 is 0 Å². The van der Waals surface area contributed by atoms with Crippen molar-refractivity contribution in [3.8, 4) is 0 Å². The maximum atomic E-state index is 11.8. The topological polar surface area (TPSA) is 139 Å². The number of nitroso groups, excluding NO2 is 1. The lowest BCUT2D eigenvalue weighted by molar-refractivity contribution is 0.571. The average Bonchev–Trinajstić information content (AvgIpc) is 2.26. The Labute approximate surface area is 113 Å². The Balaban J connectivity index is 2.83. The van der Waals surface area contributed by atoms with Gasteiger partial charge in [-0.3, -0.25) is 0 Å². The van der Waals surface area contributed by atoms with Gasteiger partial charge in [-0.25, -0.2) is 27.0 Å². The highest BCUT2D eigenvalue weighted by molar-refractivity contribution is 7.90. The van der Waals surface area contributed by atoms with E-state index in [4.69, 9.17) is 16.7 Å². The molecule has 12 heteroatoms. The van der Waals surface area contributed by atoms with Gasteiger partial charge >= 0.3 is 0 Å². The molecule has 1 heterocycles. The molecule has 0 saturated carbocycles. The van der Waals surface area contributed by atoms with Crippen molar-refractivity contribution in [3.63, 3.8) is 0 Å². The van der Waals surface area contributed by atoms with E-state index in [0.717, 1.165) is 17.1 Å². The number of benzene rings is 1. The third-order valence-electron chi connectivity index (χ3n) is 2.39. The Hall–Kier alpha value is -1.27. The normalized spacial score (nSPS) is 17.9. The second-order valence-corrected chi connectivity index (χ2v) is 7.25. The molecule has 1 aliphatic rings. The lowest BCUT2D eigenvalue weighted by Gasteiger charge is -2.25. The van der Waals surface area contributed by atoms with Crippen LogP contribution in [0.5, 0.6) is 0 Å². The van der Waals surface area contributed by atoms with E-state index < -0.39 is 29.8 Å². The number of anilines is 1. The lowest BCUT2D eigenvalue weighted by atomic mass is 10.3. The Morgan fingerprint density at radius 3 is 2.58 bits per heavy atom. The fourth-order valence-electron chi connectivity index (χ4n) is 1.54. The number of nitrogens with zero attached hydrogens (tertiary/aromatic N) is 2. The fourth-order valence-corrected chi connectivity index (χ4v) is 3.87. The second-order valence-electron chi connectivity index (χ2n) is 3.58. The molecule has 0 unspecified atom stereocenters. The van der Waals surface area contributed by atoms with Gasteiger partial charge in [-0.15, -0.1) is 4.91 Å². The first-order valence-electron chi connectivity index (χ1n) is 4.63. The van der Waals surface area contributed by atoms with E-state index in [1.54, 1.807) is 0 Å². The summed E-state index contributed by atoms with van der Waals surface area (Å²) in [5.74, 6) is 0. The molecule has 0 bridgehead atoms. The number of rotatable bonds is 2. The molecule has 0 atom stereocenters. The van der Waals surface area contributed by atoms with Crippen LogP contribution in [0.2, 0.25) is 5.02 Å². The molecule has 0 aliphatic carbocycles. The Morgan fingerprint density at radius 2 is 2.05 bits per heavy atom.